The van der Waals surface area contributed by atoms with Crippen LogP contribution in [-0.2, 0) is 31.9 Å². The first-order valence-corrected chi connectivity index (χ1v) is 15.2. The van der Waals surface area contributed by atoms with Crippen LogP contribution in [0.3, 0.4) is 0 Å². The molecule has 0 spiro atoms. The number of carbonyl (C=O) groups excluding carboxylic acids is 1. The Balaban J connectivity index is 1.70. The lowest BCUT2D eigenvalue weighted by molar-refractivity contribution is -0.163. The molecular weight excluding hydrogens is 665 g/mol. The molecule has 43 heavy (non-hydrogen) atoms. The lowest BCUT2D eigenvalue weighted by Crippen LogP contribution is -2.39. The van der Waals surface area contributed by atoms with Gasteiger partial charge < -0.3 is 9.64 Å². The number of anilines is 1. The van der Waals surface area contributed by atoms with Gasteiger partial charge in [0.1, 0.15) is 4.90 Å². The number of nitrogens with one attached hydrogen (secondary N) is 1. The molecule has 0 bridgehead atoms. The lowest BCUT2D eigenvalue weighted by Gasteiger charge is -2.25. The third-order valence-electron chi connectivity index (χ3n) is 6.00. The Morgan fingerprint density at radius 2 is 1.51 bits per heavy atom. The average Bonchev–Trinajstić information content (AvgIpc) is 2.91. The summed E-state index contributed by atoms with van der Waals surface area (Å²) < 4.78 is 118. The number of hydrogen-bond donors (Lipinski definition) is 1. The third kappa shape index (κ3) is 7.98. The molecule has 1 fully saturated rings. The van der Waals surface area contributed by atoms with Gasteiger partial charge in [0.2, 0.25) is 5.91 Å². The zero-order chi connectivity index (χ0) is 31.6. The molecule has 1 aliphatic rings. The predicted molar refractivity (Wildman–Crippen MR) is 151 cm³/mol. The van der Waals surface area contributed by atoms with Crippen LogP contribution >= 0.6 is 35.0 Å². The molecule has 0 unspecified atom stereocenters. The van der Waals surface area contributed by atoms with E-state index in [0.717, 1.165) is 24.3 Å². The highest BCUT2D eigenvalue weighted by Gasteiger charge is 2.46. The van der Waals surface area contributed by atoms with Gasteiger partial charge in [-0.05, 0) is 48.0 Å². The number of nitrogens with zero attached hydrogens (tertiary/aromatic N) is 1. The highest BCUT2D eigenvalue weighted by molar-refractivity contribution is 7.99. The summed E-state index contributed by atoms with van der Waals surface area (Å²) >= 11 is 12.3. The van der Waals surface area contributed by atoms with Gasteiger partial charge in [-0.25, -0.2) is 8.42 Å². The second-order valence-electron chi connectivity index (χ2n) is 8.96. The molecule has 1 N–H and O–H groups in total. The fourth-order valence-electron chi connectivity index (χ4n) is 4.16. The van der Waals surface area contributed by atoms with E-state index in [-0.39, 0.29) is 46.9 Å². The van der Waals surface area contributed by atoms with Crippen molar-refractivity contribution in [1.82, 2.24) is 4.90 Å². The maximum atomic E-state index is 14.2. The van der Waals surface area contributed by atoms with Gasteiger partial charge in [-0.1, -0.05) is 53.2 Å². The van der Waals surface area contributed by atoms with Crippen molar-refractivity contribution in [3.05, 3.63) is 87.4 Å². The van der Waals surface area contributed by atoms with Crippen molar-refractivity contribution in [1.29, 1.82) is 0 Å². The first-order valence-electron chi connectivity index (χ1n) is 12.2. The molecule has 230 valence electrons. The quantitative estimate of drug-likeness (QED) is 0.203. The molecule has 1 heterocycles. The minimum absolute atomic E-state index is 0.00475. The molecule has 0 radical (unpaired) electrons. The monoisotopic (exact) mass is 684 g/mol. The second-order valence-corrected chi connectivity index (χ2v) is 12.5. The van der Waals surface area contributed by atoms with Crippen LogP contribution in [0.25, 0.3) is 6.08 Å². The molecule has 16 heteroatoms. The Morgan fingerprint density at radius 1 is 0.907 bits per heavy atom. The summed E-state index contributed by atoms with van der Waals surface area (Å²) in [5.74, 6) is -0.666. The van der Waals surface area contributed by atoms with Gasteiger partial charge in [-0.3, -0.25) is 9.52 Å². The van der Waals surface area contributed by atoms with Gasteiger partial charge in [0.05, 0.1) is 34.4 Å². The van der Waals surface area contributed by atoms with Gasteiger partial charge in [-0.2, -0.15) is 26.3 Å². The summed E-state index contributed by atoms with van der Waals surface area (Å²) in [6.07, 6.45) is -9.37. The molecule has 1 saturated heterocycles. The van der Waals surface area contributed by atoms with E-state index in [2.05, 4.69) is 4.72 Å². The summed E-state index contributed by atoms with van der Waals surface area (Å²) in [4.78, 5) is 12.5. The van der Waals surface area contributed by atoms with Gasteiger partial charge in [-0.15, -0.1) is 0 Å². The van der Waals surface area contributed by atoms with Crippen LogP contribution in [0.5, 0.6) is 0 Å². The number of ether oxygens (including phenoxy) is 1. The maximum absolute atomic E-state index is 14.2. The van der Waals surface area contributed by atoms with Crippen molar-refractivity contribution in [3.63, 3.8) is 0 Å². The fourth-order valence-corrected chi connectivity index (χ4v) is 7.39. The Kier molecular flexibility index (Phi) is 9.96. The van der Waals surface area contributed by atoms with E-state index >= 15 is 0 Å². The molecule has 4 rings (SSSR count). The molecule has 0 atom stereocenters. The van der Waals surface area contributed by atoms with Gasteiger partial charge >= 0.3 is 12.4 Å². The van der Waals surface area contributed by atoms with E-state index in [1.165, 1.54) is 41.3 Å². The molecule has 0 saturated carbocycles. The first kappa shape index (κ1) is 33.0. The number of rotatable bonds is 7. The minimum atomic E-state index is -5.44. The van der Waals surface area contributed by atoms with Crippen molar-refractivity contribution in [2.24, 2.45) is 0 Å². The summed E-state index contributed by atoms with van der Waals surface area (Å²) in [5, 5.41) is -0.360. The number of morpholine rings is 1. The Morgan fingerprint density at radius 3 is 2.12 bits per heavy atom. The third-order valence-corrected chi connectivity index (χ3v) is 9.38. The topological polar surface area (TPSA) is 75.7 Å². The van der Waals surface area contributed by atoms with E-state index in [9.17, 15) is 39.6 Å². The summed E-state index contributed by atoms with van der Waals surface area (Å²) in [6.45, 7) is 0.848. The molecule has 3 aromatic rings. The highest BCUT2D eigenvalue weighted by atomic mass is 35.5. The number of halogens is 8. The number of hydrogen-bond acceptors (Lipinski definition) is 5. The number of amides is 1. The van der Waals surface area contributed by atoms with E-state index < -0.39 is 54.8 Å². The van der Waals surface area contributed by atoms with Crippen molar-refractivity contribution in [2.45, 2.75) is 27.0 Å². The Bertz CT molecular complexity index is 1640. The average molecular weight is 685 g/mol. The van der Waals surface area contributed by atoms with Crippen LogP contribution in [0.4, 0.5) is 32.0 Å². The van der Waals surface area contributed by atoms with Crippen molar-refractivity contribution < 1.29 is 44.3 Å². The predicted octanol–water partition coefficient (Wildman–Crippen LogP) is 7.86. The largest absolute Gasteiger partial charge is 0.418 e. The van der Waals surface area contributed by atoms with Gasteiger partial charge in [0, 0.05) is 34.6 Å². The number of sulfonamides is 1. The number of alkyl halides is 6. The summed E-state index contributed by atoms with van der Waals surface area (Å²) in [7, 11) is -4.35. The van der Waals surface area contributed by atoms with Crippen molar-refractivity contribution in [3.8, 4) is 0 Å². The normalized spacial score (nSPS) is 14.7. The van der Waals surface area contributed by atoms with Crippen LogP contribution in [-0.4, -0.2) is 45.5 Å². The number of benzene rings is 3. The van der Waals surface area contributed by atoms with E-state index in [1.807, 2.05) is 0 Å². The first-order chi connectivity index (χ1) is 20.1. The molecule has 3 aromatic carbocycles. The fraction of sp³-hybridized carbons (Fsp3) is 0.222. The second kappa shape index (κ2) is 13.0. The zero-order valence-electron chi connectivity index (χ0n) is 21.6. The molecule has 6 nitrogen and oxygen atoms in total. The lowest BCUT2D eigenvalue weighted by atomic mass is 9.99. The maximum Gasteiger partial charge on any atom is 0.418 e. The molecule has 0 aliphatic carbocycles. The molecule has 0 aromatic heterocycles. The van der Waals surface area contributed by atoms with Crippen LogP contribution in [0.1, 0.15) is 16.7 Å². The standard InChI is InChI=1S/C27H20Cl2F6N2O4S2/c28-19-5-2-6-20(29)25(19)43(39,40)36-17-3-1-4-18(15-17)42-21-9-7-16(8-10-22(38)37-11-13-41-14-12-37)23(26(30,31)32)24(21)27(33,34)35/h1-10,15,36H,11-14H2. The van der Waals surface area contributed by atoms with Crippen molar-refractivity contribution >= 4 is 62.7 Å². The summed E-state index contributed by atoms with van der Waals surface area (Å²) in [5.41, 5.74) is -4.85. The number of carbonyl (C=O) groups is 1. The van der Waals surface area contributed by atoms with Crippen LogP contribution < -0.4 is 4.72 Å². The van der Waals surface area contributed by atoms with E-state index in [1.54, 1.807) is 0 Å². The Labute approximate surface area is 256 Å². The molecule has 1 amide bonds. The van der Waals surface area contributed by atoms with Gasteiger partial charge in [0.25, 0.3) is 10.0 Å². The Hall–Kier alpha value is -2.91. The van der Waals surface area contributed by atoms with E-state index in [4.69, 9.17) is 27.9 Å². The van der Waals surface area contributed by atoms with Crippen molar-refractivity contribution in [2.75, 3.05) is 31.0 Å². The molecular formula is C27H20Cl2F6N2O4S2. The van der Waals surface area contributed by atoms with Crippen LogP contribution in [0, 0.1) is 0 Å². The van der Waals surface area contributed by atoms with Crippen LogP contribution in [0.2, 0.25) is 10.0 Å². The van der Waals surface area contributed by atoms with Crippen LogP contribution in [0.15, 0.2) is 75.4 Å². The summed E-state index contributed by atoms with van der Waals surface area (Å²) in [6, 6.07) is 10.8. The van der Waals surface area contributed by atoms with Gasteiger partial charge in [0.15, 0.2) is 0 Å². The SMILES string of the molecule is O=C(C=Cc1ccc(Sc2cccc(NS(=O)(=O)c3c(Cl)cccc3Cl)c2)c(C(F)(F)F)c1C(F)(F)F)N1CCOCC1. The highest BCUT2D eigenvalue weighted by Crippen LogP contribution is 2.48. The van der Waals surface area contributed by atoms with E-state index in [0.29, 0.717) is 17.8 Å². The molecule has 1 aliphatic heterocycles. The smallest absolute Gasteiger partial charge is 0.378 e. The zero-order valence-corrected chi connectivity index (χ0v) is 24.7. The minimum Gasteiger partial charge on any atom is -0.378 e.